The highest BCUT2D eigenvalue weighted by molar-refractivity contribution is 5.92. The van der Waals surface area contributed by atoms with Crippen LogP contribution < -0.4 is 0 Å². The van der Waals surface area contributed by atoms with E-state index in [9.17, 15) is 14.4 Å². The van der Waals surface area contributed by atoms with E-state index in [4.69, 9.17) is 14.6 Å². The summed E-state index contributed by atoms with van der Waals surface area (Å²) >= 11 is 0. The first-order valence-electron chi connectivity index (χ1n) is 7.40. The summed E-state index contributed by atoms with van der Waals surface area (Å²) in [7, 11) is 0. The lowest BCUT2D eigenvalue weighted by Crippen LogP contribution is -2.23. The van der Waals surface area contributed by atoms with Gasteiger partial charge >= 0.3 is 17.9 Å². The van der Waals surface area contributed by atoms with Crippen LogP contribution in [0.15, 0.2) is 67.3 Å². The molecule has 0 bridgehead atoms. The van der Waals surface area contributed by atoms with Crippen molar-refractivity contribution in [3.63, 3.8) is 0 Å². The monoisotopic (exact) mass is 340 g/mol. The molecule has 0 aliphatic carbocycles. The smallest absolute Gasteiger partial charge is 0.338 e. The third-order valence-corrected chi connectivity index (χ3v) is 3.28. The van der Waals surface area contributed by atoms with Crippen molar-refractivity contribution in [2.24, 2.45) is 0 Å². The molecule has 0 spiro atoms. The largest absolute Gasteiger partial charge is 0.478 e. The van der Waals surface area contributed by atoms with E-state index in [1.165, 1.54) is 30.3 Å². The summed E-state index contributed by atoms with van der Waals surface area (Å²) in [4.78, 5) is 34.7. The third-order valence-electron chi connectivity index (χ3n) is 3.28. The van der Waals surface area contributed by atoms with Gasteiger partial charge in [-0.25, -0.2) is 14.4 Å². The van der Waals surface area contributed by atoms with E-state index in [1.807, 2.05) is 0 Å². The van der Waals surface area contributed by atoms with Gasteiger partial charge in [-0.2, -0.15) is 0 Å². The molecule has 2 rings (SSSR count). The van der Waals surface area contributed by atoms with Crippen molar-refractivity contribution in [1.29, 1.82) is 0 Å². The maximum absolute atomic E-state index is 12.0. The Labute approximate surface area is 144 Å². The first kappa shape index (κ1) is 17.9. The molecule has 0 fully saturated rings. The van der Waals surface area contributed by atoms with Gasteiger partial charge in [0.05, 0.1) is 16.7 Å². The molecule has 25 heavy (non-hydrogen) atoms. The maximum atomic E-state index is 12.0. The van der Waals surface area contributed by atoms with Crippen molar-refractivity contribution in [3.05, 3.63) is 83.9 Å². The highest BCUT2D eigenvalue weighted by Gasteiger charge is 2.16. The molecule has 2 aromatic rings. The SMILES string of the molecule is C=CC(COC(=O)c1ccc(C(=O)O)cc1)OC(=O)c1ccccc1. The van der Waals surface area contributed by atoms with E-state index in [2.05, 4.69) is 6.58 Å². The molecule has 0 aliphatic rings. The average Bonchev–Trinajstić information content (AvgIpc) is 2.65. The van der Waals surface area contributed by atoms with Gasteiger partial charge in [0.15, 0.2) is 6.10 Å². The van der Waals surface area contributed by atoms with Crippen molar-refractivity contribution >= 4 is 17.9 Å². The van der Waals surface area contributed by atoms with E-state index in [0.717, 1.165) is 0 Å². The Morgan fingerprint density at radius 3 is 2.04 bits per heavy atom. The van der Waals surface area contributed by atoms with Crippen molar-refractivity contribution < 1.29 is 29.0 Å². The van der Waals surface area contributed by atoms with Gasteiger partial charge in [-0.1, -0.05) is 24.8 Å². The van der Waals surface area contributed by atoms with Gasteiger partial charge in [0.2, 0.25) is 0 Å². The Bertz CT molecular complexity index is 764. The fraction of sp³-hybridized carbons (Fsp3) is 0.105. The summed E-state index contributed by atoms with van der Waals surface area (Å²) < 4.78 is 10.3. The maximum Gasteiger partial charge on any atom is 0.338 e. The molecule has 2 aromatic carbocycles. The van der Waals surface area contributed by atoms with Gasteiger partial charge in [0, 0.05) is 0 Å². The Morgan fingerprint density at radius 2 is 1.48 bits per heavy atom. The van der Waals surface area contributed by atoms with Crippen LogP contribution in [0.1, 0.15) is 31.1 Å². The summed E-state index contributed by atoms with van der Waals surface area (Å²) in [6, 6.07) is 13.7. The van der Waals surface area contributed by atoms with Crippen molar-refractivity contribution in [3.8, 4) is 0 Å². The normalized spacial score (nSPS) is 11.2. The number of carbonyl (C=O) groups is 3. The number of carboxylic acids is 1. The standard InChI is InChI=1S/C19H16O6/c1-2-16(25-19(23)14-6-4-3-5-7-14)12-24-18(22)15-10-8-13(9-11-15)17(20)21/h2-11,16H,1,12H2,(H,20,21). The minimum absolute atomic E-state index is 0.0670. The number of carbonyl (C=O) groups excluding carboxylic acids is 2. The highest BCUT2D eigenvalue weighted by Crippen LogP contribution is 2.09. The lowest BCUT2D eigenvalue weighted by molar-refractivity contribution is 0.0114. The Morgan fingerprint density at radius 1 is 0.920 bits per heavy atom. The molecule has 0 amide bonds. The summed E-state index contributed by atoms with van der Waals surface area (Å²) in [5, 5.41) is 8.82. The van der Waals surface area contributed by atoms with Gasteiger partial charge in [0.25, 0.3) is 0 Å². The van der Waals surface area contributed by atoms with E-state index < -0.39 is 24.0 Å². The fourth-order valence-corrected chi connectivity index (χ4v) is 1.92. The second kappa shape index (κ2) is 8.44. The zero-order valence-corrected chi connectivity index (χ0v) is 13.3. The predicted molar refractivity (Wildman–Crippen MR) is 89.5 cm³/mol. The molecule has 1 atom stereocenters. The van der Waals surface area contributed by atoms with Crippen LogP contribution in [0.5, 0.6) is 0 Å². The van der Waals surface area contributed by atoms with Crippen LogP contribution in [0.3, 0.4) is 0 Å². The first-order valence-corrected chi connectivity index (χ1v) is 7.40. The van der Waals surface area contributed by atoms with Crippen LogP contribution in [0.4, 0.5) is 0 Å². The molecular weight excluding hydrogens is 324 g/mol. The average molecular weight is 340 g/mol. The van der Waals surface area contributed by atoms with Gasteiger partial charge in [-0.05, 0) is 42.5 Å². The van der Waals surface area contributed by atoms with E-state index in [0.29, 0.717) is 5.56 Å². The van der Waals surface area contributed by atoms with Gasteiger partial charge in [0.1, 0.15) is 6.61 Å². The van der Waals surface area contributed by atoms with Crippen LogP contribution in [0.25, 0.3) is 0 Å². The predicted octanol–water partition coefficient (Wildman–Crippen LogP) is 2.95. The molecule has 0 aliphatic heterocycles. The van der Waals surface area contributed by atoms with Gasteiger partial charge in [-0.3, -0.25) is 0 Å². The molecule has 0 heterocycles. The molecule has 128 valence electrons. The highest BCUT2D eigenvalue weighted by atomic mass is 16.6. The molecule has 0 aromatic heterocycles. The molecule has 0 radical (unpaired) electrons. The van der Waals surface area contributed by atoms with E-state index >= 15 is 0 Å². The number of rotatable bonds is 7. The lowest BCUT2D eigenvalue weighted by atomic mass is 10.1. The summed E-state index contributed by atoms with van der Waals surface area (Å²) in [6.07, 6.45) is 0.566. The van der Waals surface area contributed by atoms with Crippen LogP contribution >= 0.6 is 0 Å². The molecule has 6 heteroatoms. The Kier molecular flexibility index (Phi) is 6.06. The zero-order chi connectivity index (χ0) is 18.2. The number of hydrogen-bond donors (Lipinski definition) is 1. The van der Waals surface area contributed by atoms with Crippen LogP contribution in [0, 0.1) is 0 Å². The summed E-state index contributed by atoms with van der Waals surface area (Å²) in [6.45, 7) is 3.36. The lowest BCUT2D eigenvalue weighted by Gasteiger charge is -2.14. The number of carboxylic acid groups (broad SMARTS) is 1. The van der Waals surface area contributed by atoms with Crippen molar-refractivity contribution in [2.75, 3.05) is 6.61 Å². The molecule has 1 unspecified atom stereocenters. The fourth-order valence-electron chi connectivity index (χ4n) is 1.92. The summed E-state index contributed by atoms with van der Waals surface area (Å²) in [5.41, 5.74) is 0.643. The second-order valence-electron chi connectivity index (χ2n) is 5.03. The topological polar surface area (TPSA) is 89.9 Å². The minimum atomic E-state index is -1.08. The quantitative estimate of drug-likeness (QED) is 0.616. The molecule has 0 saturated carbocycles. The van der Waals surface area contributed by atoms with Crippen molar-refractivity contribution in [2.45, 2.75) is 6.10 Å². The molecular formula is C19H16O6. The number of hydrogen-bond acceptors (Lipinski definition) is 5. The number of esters is 2. The Balaban J connectivity index is 1.91. The summed E-state index contributed by atoms with van der Waals surface area (Å²) in [5.74, 6) is -2.29. The van der Waals surface area contributed by atoms with Crippen LogP contribution in [-0.2, 0) is 9.47 Å². The number of ether oxygens (including phenoxy) is 2. The van der Waals surface area contributed by atoms with Gasteiger partial charge < -0.3 is 14.6 Å². The molecule has 0 saturated heterocycles. The number of aromatic carboxylic acids is 1. The minimum Gasteiger partial charge on any atom is -0.478 e. The van der Waals surface area contributed by atoms with Gasteiger partial charge in [-0.15, -0.1) is 0 Å². The number of benzene rings is 2. The van der Waals surface area contributed by atoms with Crippen molar-refractivity contribution in [1.82, 2.24) is 0 Å². The molecule has 1 N–H and O–H groups in total. The second-order valence-corrected chi connectivity index (χ2v) is 5.03. The van der Waals surface area contributed by atoms with Crippen LogP contribution in [-0.4, -0.2) is 35.7 Å². The van der Waals surface area contributed by atoms with E-state index in [1.54, 1.807) is 30.3 Å². The first-order chi connectivity index (χ1) is 12.0. The Hall–Kier alpha value is -3.41. The zero-order valence-electron chi connectivity index (χ0n) is 13.3. The third kappa shape index (κ3) is 5.04. The van der Waals surface area contributed by atoms with E-state index in [-0.39, 0.29) is 17.7 Å². The van der Waals surface area contributed by atoms with Crippen LogP contribution in [0.2, 0.25) is 0 Å². The molecule has 6 nitrogen and oxygen atoms in total.